The van der Waals surface area contributed by atoms with Crippen molar-refractivity contribution in [2.24, 2.45) is 17.7 Å². The van der Waals surface area contributed by atoms with Crippen molar-refractivity contribution in [1.82, 2.24) is 5.43 Å². The Morgan fingerprint density at radius 2 is 2.00 bits per heavy atom. The molecule has 0 aromatic heterocycles. The molecule has 3 nitrogen and oxygen atoms in total. The molecule has 3 atom stereocenters. The Bertz CT molecular complexity index is 187. The molecule has 0 heterocycles. The average molecular weight is 242 g/mol. The molecule has 0 amide bonds. The van der Waals surface area contributed by atoms with Crippen LogP contribution in [-0.4, -0.2) is 19.3 Å². The maximum Gasteiger partial charge on any atom is 0.0481 e. The van der Waals surface area contributed by atoms with E-state index in [-0.39, 0.29) is 0 Å². The van der Waals surface area contributed by atoms with Crippen LogP contribution in [0.15, 0.2) is 0 Å². The molecule has 1 fully saturated rings. The van der Waals surface area contributed by atoms with Crippen molar-refractivity contribution in [2.45, 2.75) is 64.8 Å². The molecule has 3 unspecified atom stereocenters. The van der Waals surface area contributed by atoms with Crippen molar-refractivity contribution >= 4 is 0 Å². The van der Waals surface area contributed by atoms with Crippen LogP contribution >= 0.6 is 0 Å². The molecule has 0 bridgehead atoms. The third-order valence-electron chi connectivity index (χ3n) is 4.14. The summed E-state index contributed by atoms with van der Waals surface area (Å²) in [5.41, 5.74) is 3.03. The molecule has 0 radical (unpaired) electrons. The summed E-state index contributed by atoms with van der Waals surface area (Å²) in [6.45, 7) is 6.17. The van der Waals surface area contributed by atoms with Crippen LogP contribution in [0.1, 0.15) is 58.8 Å². The Hall–Kier alpha value is -0.120. The summed E-state index contributed by atoms with van der Waals surface area (Å²) < 4.78 is 5.58. The molecule has 17 heavy (non-hydrogen) atoms. The highest BCUT2D eigenvalue weighted by Gasteiger charge is 2.29. The number of ether oxygens (including phenoxy) is 1. The predicted molar refractivity (Wildman–Crippen MR) is 72.6 cm³/mol. The number of hydrogen-bond acceptors (Lipinski definition) is 3. The van der Waals surface area contributed by atoms with Crippen LogP contribution in [0.2, 0.25) is 0 Å². The topological polar surface area (TPSA) is 47.3 Å². The highest BCUT2D eigenvalue weighted by atomic mass is 16.5. The van der Waals surface area contributed by atoms with Gasteiger partial charge in [0.15, 0.2) is 0 Å². The molecule has 0 aliphatic heterocycles. The highest BCUT2D eigenvalue weighted by Crippen LogP contribution is 2.35. The molecule has 1 rings (SSSR count). The first-order chi connectivity index (χ1) is 8.33. The summed E-state index contributed by atoms with van der Waals surface area (Å²) >= 11 is 0. The zero-order valence-corrected chi connectivity index (χ0v) is 11.6. The second-order valence-electron chi connectivity index (χ2n) is 5.29. The Labute approximate surface area is 106 Å². The van der Waals surface area contributed by atoms with Crippen molar-refractivity contribution in [1.29, 1.82) is 0 Å². The van der Waals surface area contributed by atoms with Crippen molar-refractivity contribution in [2.75, 3.05) is 13.2 Å². The standard InChI is InChI=1S/C14H30N2O/c1-3-10-17-11-9-14(16-15)13-8-6-5-7-12(13)4-2/h12-14,16H,3-11,15H2,1-2H3. The van der Waals surface area contributed by atoms with E-state index in [4.69, 9.17) is 10.6 Å². The molecular weight excluding hydrogens is 212 g/mol. The second kappa shape index (κ2) is 8.90. The average Bonchev–Trinajstić information content (AvgIpc) is 2.39. The minimum Gasteiger partial charge on any atom is -0.381 e. The zero-order valence-electron chi connectivity index (χ0n) is 11.6. The van der Waals surface area contributed by atoms with Crippen LogP contribution in [0.4, 0.5) is 0 Å². The van der Waals surface area contributed by atoms with Crippen molar-refractivity contribution in [3.05, 3.63) is 0 Å². The van der Waals surface area contributed by atoms with Crippen molar-refractivity contribution in [3.8, 4) is 0 Å². The summed E-state index contributed by atoms with van der Waals surface area (Å²) in [6.07, 6.45) is 8.93. The Balaban J connectivity index is 2.35. The molecule has 3 heteroatoms. The van der Waals surface area contributed by atoms with Gasteiger partial charge in [-0.1, -0.05) is 39.5 Å². The lowest BCUT2D eigenvalue weighted by Crippen LogP contribution is -2.45. The van der Waals surface area contributed by atoms with E-state index in [1.165, 1.54) is 32.1 Å². The monoisotopic (exact) mass is 242 g/mol. The van der Waals surface area contributed by atoms with E-state index in [2.05, 4.69) is 19.3 Å². The fraction of sp³-hybridized carbons (Fsp3) is 1.00. The van der Waals surface area contributed by atoms with Gasteiger partial charge < -0.3 is 4.74 Å². The minimum atomic E-state index is 0.442. The molecule has 1 aliphatic rings. The molecule has 0 saturated heterocycles. The molecule has 3 N–H and O–H groups in total. The van der Waals surface area contributed by atoms with Gasteiger partial charge in [0.05, 0.1) is 0 Å². The molecule has 1 aliphatic carbocycles. The van der Waals surface area contributed by atoms with Gasteiger partial charge in [-0.05, 0) is 31.1 Å². The van der Waals surface area contributed by atoms with Gasteiger partial charge in [0, 0.05) is 19.3 Å². The van der Waals surface area contributed by atoms with E-state index in [1.54, 1.807) is 0 Å². The van der Waals surface area contributed by atoms with Gasteiger partial charge in [0.2, 0.25) is 0 Å². The lowest BCUT2D eigenvalue weighted by atomic mass is 9.73. The molecular formula is C14H30N2O. The number of hydrazine groups is 1. The summed E-state index contributed by atoms with van der Waals surface area (Å²) in [5, 5.41) is 0. The van der Waals surface area contributed by atoms with Crippen molar-refractivity contribution in [3.63, 3.8) is 0 Å². The van der Waals surface area contributed by atoms with E-state index in [9.17, 15) is 0 Å². The highest BCUT2D eigenvalue weighted by molar-refractivity contribution is 4.83. The summed E-state index contributed by atoms with van der Waals surface area (Å²) in [5.74, 6) is 7.34. The van der Waals surface area contributed by atoms with Gasteiger partial charge in [-0.2, -0.15) is 0 Å². The first-order valence-corrected chi connectivity index (χ1v) is 7.37. The number of rotatable bonds is 8. The summed E-state index contributed by atoms with van der Waals surface area (Å²) in [4.78, 5) is 0. The largest absolute Gasteiger partial charge is 0.381 e. The fourth-order valence-corrected chi connectivity index (χ4v) is 3.15. The third-order valence-corrected chi connectivity index (χ3v) is 4.14. The van der Waals surface area contributed by atoms with E-state index in [0.717, 1.165) is 37.9 Å². The van der Waals surface area contributed by atoms with Crippen LogP contribution in [0, 0.1) is 11.8 Å². The third kappa shape index (κ3) is 4.94. The lowest BCUT2D eigenvalue weighted by Gasteiger charge is -2.36. The van der Waals surface area contributed by atoms with E-state index >= 15 is 0 Å². The SMILES string of the molecule is CCCOCCC(NN)C1CCCCC1CC. The normalized spacial score (nSPS) is 27.0. The van der Waals surface area contributed by atoms with Gasteiger partial charge in [-0.25, -0.2) is 0 Å². The lowest BCUT2D eigenvalue weighted by molar-refractivity contribution is 0.0991. The fourth-order valence-electron chi connectivity index (χ4n) is 3.15. The van der Waals surface area contributed by atoms with E-state index in [1.807, 2.05) is 0 Å². The molecule has 0 aromatic rings. The van der Waals surface area contributed by atoms with Gasteiger partial charge in [-0.15, -0.1) is 0 Å². The van der Waals surface area contributed by atoms with Crippen LogP contribution in [-0.2, 0) is 4.74 Å². The zero-order chi connectivity index (χ0) is 12.5. The smallest absolute Gasteiger partial charge is 0.0481 e. The van der Waals surface area contributed by atoms with Gasteiger partial charge >= 0.3 is 0 Å². The van der Waals surface area contributed by atoms with Crippen LogP contribution in [0.25, 0.3) is 0 Å². The molecule has 1 saturated carbocycles. The number of nitrogens with two attached hydrogens (primary N) is 1. The summed E-state index contributed by atoms with van der Waals surface area (Å²) in [6, 6.07) is 0.442. The Morgan fingerprint density at radius 3 is 2.65 bits per heavy atom. The van der Waals surface area contributed by atoms with Gasteiger partial charge in [0.25, 0.3) is 0 Å². The van der Waals surface area contributed by atoms with E-state index < -0.39 is 0 Å². The second-order valence-corrected chi connectivity index (χ2v) is 5.29. The van der Waals surface area contributed by atoms with Gasteiger partial charge in [0.1, 0.15) is 0 Å². The minimum absolute atomic E-state index is 0.442. The maximum absolute atomic E-state index is 5.73. The van der Waals surface area contributed by atoms with Crippen LogP contribution in [0.3, 0.4) is 0 Å². The first kappa shape index (κ1) is 14.9. The van der Waals surface area contributed by atoms with Crippen molar-refractivity contribution < 1.29 is 4.74 Å². The Kier molecular flexibility index (Phi) is 7.82. The molecule has 0 spiro atoms. The number of nitrogens with one attached hydrogen (secondary N) is 1. The summed E-state index contributed by atoms with van der Waals surface area (Å²) in [7, 11) is 0. The van der Waals surface area contributed by atoms with Crippen LogP contribution < -0.4 is 11.3 Å². The predicted octanol–water partition coefficient (Wildman–Crippen LogP) is 2.85. The molecule has 0 aromatic carbocycles. The van der Waals surface area contributed by atoms with Gasteiger partial charge in [-0.3, -0.25) is 11.3 Å². The van der Waals surface area contributed by atoms with Crippen LogP contribution in [0.5, 0.6) is 0 Å². The number of hydrogen-bond donors (Lipinski definition) is 2. The Morgan fingerprint density at radius 1 is 1.24 bits per heavy atom. The molecule has 102 valence electrons. The quantitative estimate of drug-likeness (QED) is 0.391. The first-order valence-electron chi connectivity index (χ1n) is 7.37. The maximum atomic E-state index is 5.73. The van der Waals surface area contributed by atoms with E-state index in [0.29, 0.717) is 6.04 Å².